The molecule has 79 valence electrons. The Balaban J connectivity index is 2.14. The van der Waals surface area contributed by atoms with E-state index in [9.17, 15) is 10.1 Å². The molecule has 16 heavy (non-hydrogen) atoms. The Morgan fingerprint density at radius 2 is 1.88 bits per heavy atom. The van der Waals surface area contributed by atoms with E-state index in [2.05, 4.69) is 6.07 Å². The first kappa shape index (κ1) is 10.7. The summed E-state index contributed by atoms with van der Waals surface area (Å²) in [6, 6.07) is 17.2. The van der Waals surface area contributed by atoms with Crippen LogP contribution in [0.4, 0.5) is 5.69 Å². The van der Waals surface area contributed by atoms with Gasteiger partial charge in [0.2, 0.25) is 0 Å². The van der Waals surface area contributed by atoms with E-state index in [-0.39, 0.29) is 5.69 Å². The van der Waals surface area contributed by atoms with Gasteiger partial charge in [0.1, 0.15) is 0 Å². The van der Waals surface area contributed by atoms with Crippen LogP contribution in [0.15, 0.2) is 58.3 Å². The van der Waals surface area contributed by atoms with Crippen LogP contribution in [0.3, 0.4) is 0 Å². The van der Waals surface area contributed by atoms with Gasteiger partial charge in [-0.15, -0.1) is 0 Å². The summed E-state index contributed by atoms with van der Waals surface area (Å²) >= 11 is 1.53. The molecule has 0 amide bonds. The van der Waals surface area contributed by atoms with Gasteiger partial charge in [0.25, 0.3) is 5.69 Å². The molecule has 4 heteroatoms. The van der Waals surface area contributed by atoms with E-state index in [1.165, 1.54) is 23.9 Å². The Morgan fingerprint density at radius 1 is 1.12 bits per heavy atom. The molecule has 0 saturated carbocycles. The lowest BCUT2D eigenvalue weighted by molar-refractivity contribution is -0.384. The van der Waals surface area contributed by atoms with Gasteiger partial charge in [-0.25, -0.2) is 0 Å². The predicted octanol–water partition coefficient (Wildman–Crippen LogP) is 3.55. The molecule has 0 unspecified atom stereocenters. The molecule has 0 bridgehead atoms. The molecule has 1 radical (unpaired) electrons. The van der Waals surface area contributed by atoms with E-state index in [4.69, 9.17) is 0 Å². The smallest absolute Gasteiger partial charge is 0.258 e. The molecule has 2 aromatic rings. The first-order chi connectivity index (χ1) is 7.75. The lowest BCUT2D eigenvalue weighted by Crippen LogP contribution is -1.86. The second kappa shape index (κ2) is 4.81. The predicted molar refractivity (Wildman–Crippen MR) is 62.5 cm³/mol. The fraction of sp³-hybridized carbons (Fsp3) is 0. The normalized spacial score (nSPS) is 10.0. The van der Waals surface area contributed by atoms with E-state index in [0.717, 1.165) is 9.79 Å². The van der Waals surface area contributed by atoms with E-state index in [1.54, 1.807) is 12.1 Å². The van der Waals surface area contributed by atoms with Crippen molar-refractivity contribution >= 4 is 17.4 Å². The van der Waals surface area contributed by atoms with Crippen LogP contribution < -0.4 is 0 Å². The number of hydrogen-bond acceptors (Lipinski definition) is 3. The molecule has 2 aromatic carbocycles. The fourth-order valence-electron chi connectivity index (χ4n) is 1.20. The number of hydrogen-bond donors (Lipinski definition) is 0. The van der Waals surface area contributed by atoms with Gasteiger partial charge in [-0.1, -0.05) is 30.0 Å². The maximum absolute atomic E-state index is 10.5. The molecule has 0 N–H and O–H groups in total. The standard InChI is InChI=1S/C12H8NO2S/c14-13(15)10-6-8-12(9-7-10)16-11-4-2-1-3-5-11/h1-4,6-9H. The summed E-state index contributed by atoms with van der Waals surface area (Å²) in [5.74, 6) is 0. The molecule has 0 saturated heterocycles. The first-order valence-corrected chi connectivity index (χ1v) is 5.46. The summed E-state index contributed by atoms with van der Waals surface area (Å²) < 4.78 is 0. The number of non-ortho nitro benzene ring substituents is 1. The van der Waals surface area contributed by atoms with Crippen LogP contribution in [0.2, 0.25) is 0 Å². The van der Waals surface area contributed by atoms with Crippen LogP contribution in [0.5, 0.6) is 0 Å². The lowest BCUT2D eigenvalue weighted by Gasteiger charge is -1.99. The van der Waals surface area contributed by atoms with Gasteiger partial charge < -0.3 is 0 Å². The molecule has 0 atom stereocenters. The highest BCUT2D eigenvalue weighted by molar-refractivity contribution is 7.99. The highest BCUT2D eigenvalue weighted by Gasteiger charge is 2.04. The zero-order valence-corrected chi connectivity index (χ0v) is 9.11. The lowest BCUT2D eigenvalue weighted by atomic mass is 10.3. The minimum Gasteiger partial charge on any atom is -0.258 e. The molecular formula is C12H8NO2S. The van der Waals surface area contributed by atoms with Gasteiger partial charge in [-0.2, -0.15) is 0 Å². The summed E-state index contributed by atoms with van der Waals surface area (Å²) in [6.07, 6.45) is 0. The molecule has 0 heterocycles. The summed E-state index contributed by atoms with van der Waals surface area (Å²) in [5.41, 5.74) is 0.112. The molecule has 2 rings (SSSR count). The third kappa shape index (κ3) is 2.61. The maximum atomic E-state index is 10.5. The van der Waals surface area contributed by atoms with Crippen LogP contribution >= 0.6 is 11.8 Å². The molecule has 3 nitrogen and oxygen atoms in total. The number of nitro benzene ring substituents is 1. The van der Waals surface area contributed by atoms with Crippen molar-refractivity contribution in [3.05, 3.63) is 64.7 Å². The zero-order valence-electron chi connectivity index (χ0n) is 8.29. The second-order valence-electron chi connectivity index (χ2n) is 3.08. The third-order valence-corrected chi connectivity index (χ3v) is 2.94. The molecule has 0 aromatic heterocycles. The SMILES string of the molecule is O=[N+]([O-])c1ccc(Sc2[c]cccc2)cc1. The fourth-order valence-corrected chi connectivity index (χ4v) is 2.00. The van der Waals surface area contributed by atoms with E-state index >= 15 is 0 Å². The Bertz CT molecular complexity index is 482. The number of nitrogens with zero attached hydrogens (tertiary/aromatic N) is 1. The van der Waals surface area contributed by atoms with Gasteiger partial charge in [0.15, 0.2) is 0 Å². The number of rotatable bonds is 3. The van der Waals surface area contributed by atoms with Crippen molar-refractivity contribution in [3.8, 4) is 0 Å². The van der Waals surface area contributed by atoms with Gasteiger partial charge in [0.05, 0.1) is 4.92 Å². The van der Waals surface area contributed by atoms with Gasteiger partial charge >= 0.3 is 0 Å². The van der Waals surface area contributed by atoms with Crippen molar-refractivity contribution in [2.24, 2.45) is 0 Å². The summed E-state index contributed by atoms with van der Waals surface area (Å²) in [6.45, 7) is 0. The Kier molecular flexibility index (Phi) is 3.22. The highest BCUT2D eigenvalue weighted by Crippen LogP contribution is 2.28. The zero-order chi connectivity index (χ0) is 11.4. The quantitative estimate of drug-likeness (QED) is 0.598. The summed E-state index contributed by atoms with van der Waals surface area (Å²) in [7, 11) is 0. The Hall–Kier alpha value is -1.81. The Labute approximate surface area is 97.3 Å². The van der Waals surface area contributed by atoms with E-state index in [0.29, 0.717) is 0 Å². The molecular weight excluding hydrogens is 222 g/mol. The van der Waals surface area contributed by atoms with Crippen molar-refractivity contribution in [3.63, 3.8) is 0 Å². The highest BCUT2D eigenvalue weighted by atomic mass is 32.2. The maximum Gasteiger partial charge on any atom is 0.269 e. The number of nitro groups is 1. The van der Waals surface area contributed by atoms with Crippen molar-refractivity contribution in [1.82, 2.24) is 0 Å². The molecule has 0 aliphatic carbocycles. The van der Waals surface area contributed by atoms with Crippen molar-refractivity contribution in [1.29, 1.82) is 0 Å². The van der Waals surface area contributed by atoms with Crippen LogP contribution in [0, 0.1) is 16.2 Å². The molecule has 0 aliphatic heterocycles. The minimum atomic E-state index is -0.400. The molecule has 0 fully saturated rings. The second-order valence-corrected chi connectivity index (χ2v) is 4.20. The van der Waals surface area contributed by atoms with Gasteiger partial charge in [0, 0.05) is 21.9 Å². The summed E-state index contributed by atoms with van der Waals surface area (Å²) in [4.78, 5) is 12.0. The summed E-state index contributed by atoms with van der Waals surface area (Å²) in [5, 5.41) is 10.5. The van der Waals surface area contributed by atoms with Crippen molar-refractivity contribution in [2.45, 2.75) is 9.79 Å². The van der Waals surface area contributed by atoms with Gasteiger partial charge in [-0.05, 0) is 24.3 Å². The average molecular weight is 230 g/mol. The van der Waals surface area contributed by atoms with E-state index in [1.807, 2.05) is 24.3 Å². The van der Waals surface area contributed by atoms with Crippen molar-refractivity contribution < 1.29 is 4.92 Å². The van der Waals surface area contributed by atoms with E-state index < -0.39 is 4.92 Å². The largest absolute Gasteiger partial charge is 0.269 e. The van der Waals surface area contributed by atoms with Crippen LogP contribution in [0.25, 0.3) is 0 Å². The monoisotopic (exact) mass is 230 g/mol. The van der Waals surface area contributed by atoms with Crippen LogP contribution in [0.1, 0.15) is 0 Å². The molecule has 0 spiro atoms. The third-order valence-electron chi connectivity index (χ3n) is 1.96. The number of benzene rings is 2. The van der Waals surface area contributed by atoms with Crippen LogP contribution in [-0.4, -0.2) is 4.92 Å². The Morgan fingerprint density at radius 3 is 2.44 bits per heavy atom. The van der Waals surface area contributed by atoms with Crippen molar-refractivity contribution in [2.75, 3.05) is 0 Å². The minimum absolute atomic E-state index is 0.112. The van der Waals surface area contributed by atoms with Gasteiger partial charge in [-0.3, -0.25) is 10.1 Å². The first-order valence-electron chi connectivity index (χ1n) is 4.65. The molecule has 0 aliphatic rings. The van der Waals surface area contributed by atoms with Crippen LogP contribution in [-0.2, 0) is 0 Å². The average Bonchev–Trinajstić information content (AvgIpc) is 2.31. The topological polar surface area (TPSA) is 43.1 Å².